The Morgan fingerprint density at radius 2 is 2.12 bits per heavy atom. The van der Waals surface area contributed by atoms with Gasteiger partial charge in [0.25, 0.3) is 0 Å². The van der Waals surface area contributed by atoms with Crippen LogP contribution in [0.3, 0.4) is 0 Å². The van der Waals surface area contributed by atoms with Crippen LogP contribution in [0.1, 0.15) is 17.0 Å². The first-order valence-corrected chi connectivity index (χ1v) is 5.42. The van der Waals surface area contributed by atoms with Crippen LogP contribution in [0.4, 0.5) is 0 Å². The molecule has 0 fully saturated rings. The lowest BCUT2D eigenvalue weighted by atomic mass is 9.93. The summed E-state index contributed by atoms with van der Waals surface area (Å²) in [6, 6.07) is 9.28. The lowest BCUT2D eigenvalue weighted by molar-refractivity contribution is -0.138. The summed E-state index contributed by atoms with van der Waals surface area (Å²) in [6.45, 7) is 0. The molecule has 1 aromatic carbocycles. The molecule has 0 radical (unpaired) electrons. The molecular formula is C13H14N2O2. The number of aryl methyl sites for hydroxylation is 1. The summed E-state index contributed by atoms with van der Waals surface area (Å²) < 4.78 is 1.68. The first-order valence-electron chi connectivity index (χ1n) is 5.42. The average molecular weight is 230 g/mol. The molecule has 0 amide bonds. The molecule has 0 bridgehead atoms. The number of hydrogen-bond acceptors (Lipinski definition) is 2. The van der Waals surface area contributed by atoms with Crippen molar-refractivity contribution >= 4 is 5.97 Å². The molecule has 0 saturated heterocycles. The Kier molecular flexibility index (Phi) is 3.23. The highest BCUT2D eigenvalue weighted by Gasteiger charge is 2.20. The maximum absolute atomic E-state index is 11.3. The normalized spacial score (nSPS) is 12.3. The van der Waals surface area contributed by atoms with E-state index >= 15 is 0 Å². The highest BCUT2D eigenvalue weighted by atomic mass is 16.4. The Morgan fingerprint density at radius 1 is 1.41 bits per heavy atom. The Hall–Kier alpha value is -2.10. The number of carbonyl (C=O) groups is 1. The van der Waals surface area contributed by atoms with Crippen LogP contribution >= 0.6 is 0 Å². The molecule has 17 heavy (non-hydrogen) atoms. The summed E-state index contributed by atoms with van der Waals surface area (Å²) in [5.41, 5.74) is 1.76. The van der Waals surface area contributed by atoms with Gasteiger partial charge in [-0.3, -0.25) is 9.48 Å². The van der Waals surface area contributed by atoms with E-state index in [1.54, 1.807) is 10.9 Å². The van der Waals surface area contributed by atoms with E-state index in [4.69, 9.17) is 0 Å². The van der Waals surface area contributed by atoms with E-state index in [0.717, 1.165) is 11.1 Å². The van der Waals surface area contributed by atoms with Crippen LogP contribution in [0.5, 0.6) is 0 Å². The van der Waals surface area contributed by atoms with E-state index in [1.165, 1.54) is 0 Å². The van der Waals surface area contributed by atoms with Crippen LogP contribution in [0.15, 0.2) is 42.7 Å². The van der Waals surface area contributed by atoms with E-state index < -0.39 is 11.9 Å². The lowest BCUT2D eigenvalue weighted by Crippen LogP contribution is -2.14. The van der Waals surface area contributed by atoms with Crippen molar-refractivity contribution < 1.29 is 9.90 Å². The number of aromatic nitrogens is 2. The molecule has 2 rings (SSSR count). The van der Waals surface area contributed by atoms with Crippen molar-refractivity contribution in [3.63, 3.8) is 0 Å². The molecule has 0 aliphatic rings. The number of hydrogen-bond donors (Lipinski definition) is 1. The van der Waals surface area contributed by atoms with Gasteiger partial charge in [0.1, 0.15) is 0 Å². The minimum atomic E-state index is -0.806. The SMILES string of the molecule is Cn1cc(CC(C(=O)O)c2ccccc2)cn1. The van der Waals surface area contributed by atoms with Gasteiger partial charge in [-0.25, -0.2) is 0 Å². The van der Waals surface area contributed by atoms with Crippen molar-refractivity contribution in [3.05, 3.63) is 53.9 Å². The topological polar surface area (TPSA) is 55.1 Å². The summed E-state index contributed by atoms with van der Waals surface area (Å²) in [6.07, 6.45) is 4.02. The van der Waals surface area contributed by atoms with Crippen LogP contribution < -0.4 is 0 Å². The molecule has 2 aromatic rings. The molecule has 1 aromatic heterocycles. The predicted molar refractivity (Wildman–Crippen MR) is 63.7 cm³/mol. The average Bonchev–Trinajstić information content (AvgIpc) is 2.73. The number of carboxylic acid groups (broad SMARTS) is 1. The van der Waals surface area contributed by atoms with Gasteiger partial charge in [-0.1, -0.05) is 30.3 Å². The van der Waals surface area contributed by atoms with E-state index in [0.29, 0.717) is 6.42 Å². The number of nitrogens with zero attached hydrogens (tertiary/aromatic N) is 2. The molecule has 4 heteroatoms. The van der Waals surface area contributed by atoms with Crippen molar-refractivity contribution in [3.8, 4) is 0 Å². The van der Waals surface area contributed by atoms with Gasteiger partial charge in [0.2, 0.25) is 0 Å². The number of benzene rings is 1. The van der Waals surface area contributed by atoms with Gasteiger partial charge in [0.15, 0.2) is 0 Å². The zero-order valence-corrected chi connectivity index (χ0v) is 9.58. The molecule has 0 aliphatic heterocycles. The molecule has 88 valence electrons. The fraction of sp³-hybridized carbons (Fsp3) is 0.231. The Bertz CT molecular complexity index is 505. The van der Waals surface area contributed by atoms with E-state index in [2.05, 4.69) is 5.10 Å². The second kappa shape index (κ2) is 4.82. The van der Waals surface area contributed by atoms with Crippen molar-refractivity contribution in [1.82, 2.24) is 9.78 Å². The summed E-state index contributed by atoms with van der Waals surface area (Å²) >= 11 is 0. The summed E-state index contributed by atoms with van der Waals surface area (Å²) in [5, 5.41) is 13.3. The highest BCUT2D eigenvalue weighted by Crippen LogP contribution is 2.20. The highest BCUT2D eigenvalue weighted by molar-refractivity contribution is 5.76. The summed E-state index contributed by atoms with van der Waals surface area (Å²) in [7, 11) is 1.82. The van der Waals surface area contributed by atoms with Gasteiger partial charge in [-0.15, -0.1) is 0 Å². The van der Waals surface area contributed by atoms with E-state index in [9.17, 15) is 9.90 Å². The molecule has 0 spiro atoms. The smallest absolute Gasteiger partial charge is 0.311 e. The van der Waals surface area contributed by atoms with E-state index in [-0.39, 0.29) is 0 Å². The largest absolute Gasteiger partial charge is 0.481 e. The van der Waals surface area contributed by atoms with Crippen molar-refractivity contribution in [2.24, 2.45) is 7.05 Å². The van der Waals surface area contributed by atoms with Crippen LogP contribution in [0, 0.1) is 0 Å². The maximum atomic E-state index is 11.3. The fourth-order valence-electron chi connectivity index (χ4n) is 1.85. The fourth-order valence-corrected chi connectivity index (χ4v) is 1.85. The lowest BCUT2D eigenvalue weighted by Gasteiger charge is -2.11. The molecule has 0 saturated carbocycles. The van der Waals surface area contributed by atoms with Crippen LogP contribution in [0.2, 0.25) is 0 Å². The summed E-state index contributed by atoms with van der Waals surface area (Å²) in [4.78, 5) is 11.3. The molecule has 1 heterocycles. The first-order chi connectivity index (χ1) is 8.16. The van der Waals surface area contributed by atoms with Gasteiger partial charge in [-0.05, 0) is 17.5 Å². The standard InChI is InChI=1S/C13H14N2O2/c1-15-9-10(8-14-15)7-12(13(16)17)11-5-3-2-4-6-11/h2-6,8-9,12H,7H2,1H3,(H,16,17). The van der Waals surface area contributed by atoms with Gasteiger partial charge >= 0.3 is 5.97 Å². The third-order valence-electron chi connectivity index (χ3n) is 2.70. The second-order valence-electron chi connectivity index (χ2n) is 4.03. The summed E-state index contributed by atoms with van der Waals surface area (Å²) in [5.74, 6) is -1.32. The first kappa shape index (κ1) is 11.4. The minimum Gasteiger partial charge on any atom is -0.481 e. The zero-order chi connectivity index (χ0) is 12.3. The van der Waals surface area contributed by atoms with Crippen molar-refractivity contribution in [1.29, 1.82) is 0 Å². The van der Waals surface area contributed by atoms with Gasteiger partial charge < -0.3 is 5.11 Å². The van der Waals surface area contributed by atoms with Gasteiger partial charge in [0, 0.05) is 13.2 Å². The van der Waals surface area contributed by atoms with Crippen molar-refractivity contribution in [2.75, 3.05) is 0 Å². The molecule has 1 unspecified atom stereocenters. The molecular weight excluding hydrogens is 216 g/mol. The van der Waals surface area contributed by atoms with Gasteiger partial charge in [-0.2, -0.15) is 5.10 Å². The molecule has 4 nitrogen and oxygen atoms in total. The van der Waals surface area contributed by atoms with Gasteiger partial charge in [0.05, 0.1) is 12.1 Å². The Balaban J connectivity index is 2.22. The van der Waals surface area contributed by atoms with Crippen LogP contribution in [-0.2, 0) is 18.3 Å². The Labute approximate surface area is 99.5 Å². The van der Waals surface area contributed by atoms with E-state index in [1.807, 2.05) is 43.6 Å². The minimum absolute atomic E-state index is 0.465. The zero-order valence-electron chi connectivity index (χ0n) is 9.58. The number of carboxylic acids is 1. The van der Waals surface area contributed by atoms with Crippen LogP contribution in [-0.4, -0.2) is 20.9 Å². The van der Waals surface area contributed by atoms with Crippen molar-refractivity contribution in [2.45, 2.75) is 12.3 Å². The predicted octanol–water partition coefficient (Wildman–Crippen LogP) is 1.83. The molecule has 1 atom stereocenters. The number of rotatable bonds is 4. The second-order valence-corrected chi connectivity index (χ2v) is 4.03. The Morgan fingerprint density at radius 3 is 2.65 bits per heavy atom. The maximum Gasteiger partial charge on any atom is 0.311 e. The third-order valence-corrected chi connectivity index (χ3v) is 2.70. The number of aliphatic carboxylic acids is 1. The quantitative estimate of drug-likeness (QED) is 0.871. The van der Waals surface area contributed by atoms with Crippen LogP contribution in [0.25, 0.3) is 0 Å². The molecule has 0 aliphatic carbocycles. The monoisotopic (exact) mass is 230 g/mol. The third kappa shape index (κ3) is 2.72. The molecule has 1 N–H and O–H groups in total.